The van der Waals surface area contributed by atoms with Crippen LogP contribution in [0.1, 0.15) is 29.9 Å². The van der Waals surface area contributed by atoms with Gasteiger partial charge < -0.3 is 14.6 Å². The fourth-order valence-corrected chi connectivity index (χ4v) is 3.93. The summed E-state index contributed by atoms with van der Waals surface area (Å²) in [4.78, 5) is 17.7. The molecule has 1 N–H and O–H groups in total. The van der Waals surface area contributed by atoms with Crippen molar-refractivity contribution in [3.8, 4) is 5.75 Å². The third kappa shape index (κ3) is 3.68. The van der Waals surface area contributed by atoms with Crippen LogP contribution in [0.5, 0.6) is 5.75 Å². The largest absolute Gasteiger partial charge is 0.497 e. The molecule has 2 heterocycles. The number of amides is 1. The molecular weight excluding hydrogens is 343 g/mol. The first-order valence-electron chi connectivity index (χ1n) is 9.31. The molecule has 1 amide bonds. The number of methoxy groups -OCH3 is 1. The van der Waals surface area contributed by atoms with Crippen LogP contribution in [0.3, 0.4) is 0 Å². The van der Waals surface area contributed by atoms with Crippen LogP contribution in [0.25, 0.3) is 10.9 Å². The predicted molar refractivity (Wildman–Crippen MR) is 104 cm³/mol. The van der Waals surface area contributed by atoms with Crippen molar-refractivity contribution in [3.63, 3.8) is 0 Å². The van der Waals surface area contributed by atoms with E-state index in [1.807, 2.05) is 41.4 Å². The van der Waals surface area contributed by atoms with Crippen molar-refractivity contribution in [3.05, 3.63) is 65.6 Å². The van der Waals surface area contributed by atoms with Crippen molar-refractivity contribution in [2.75, 3.05) is 20.2 Å². The number of benzene rings is 2. The molecule has 2 aromatic carbocycles. The van der Waals surface area contributed by atoms with Crippen LogP contribution in [0, 0.1) is 5.82 Å². The van der Waals surface area contributed by atoms with Crippen molar-refractivity contribution in [1.29, 1.82) is 0 Å². The first kappa shape index (κ1) is 17.6. The maximum atomic E-state index is 13.4. The number of rotatable bonds is 4. The SMILES string of the molecule is COc1ccc(CC(=O)N2CCC(c3c[nH]c4cc(F)ccc34)CC2)cc1. The van der Waals surface area contributed by atoms with Gasteiger partial charge in [-0.3, -0.25) is 4.79 Å². The number of aromatic amines is 1. The molecule has 0 saturated carbocycles. The fraction of sp³-hybridized carbons (Fsp3) is 0.318. The number of aromatic nitrogens is 1. The van der Waals surface area contributed by atoms with E-state index in [0.717, 1.165) is 48.1 Å². The Morgan fingerprint density at radius 1 is 1.19 bits per heavy atom. The van der Waals surface area contributed by atoms with Crippen molar-refractivity contribution in [2.45, 2.75) is 25.2 Å². The van der Waals surface area contributed by atoms with Crippen LogP contribution < -0.4 is 4.74 Å². The molecule has 1 aliphatic heterocycles. The van der Waals surface area contributed by atoms with Gasteiger partial charge in [0, 0.05) is 30.2 Å². The highest BCUT2D eigenvalue weighted by atomic mass is 19.1. The number of fused-ring (bicyclic) bond motifs is 1. The first-order valence-corrected chi connectivity index (χ1v) is 9.31. The van der Waals surface area contributed by atoms with Gasteiger partial charge in [0.05, 0.1) is 13.5 Å². The van der Waals surface area contributed by atoms with Crippen LogP contribution in [0.15, 0.2) is 48.7 Å². The smallest absolute Gasteiger partial charge is 0.226 e. The number of H-pyrrole nitrogens is 1. The Morgan fingerprint density at radius 3 is 2.63 bits per heavy atom. The minimum absolute atomic E-state index is 0.166. The maximum absolute atomic E-state index is 13.4. The normalized spacial score (nSPS) is 15.3. The number of hydrogen-bond donors (Lipinski definition) is 1. The van der Waals surface area contributed by atoms with Gasteiger partial charge in [-0.05, 0) is 60.2 Å². The summed E-state index contributed by atoms with van der Waals surface area (Å²) in [5, 5.41) is 1.08. The van der Waals surface area contributed by atoms with Gasteiger partial charge >= 0.3 is 0 Å². The van der Waals surface area contributed by atoms with Gasteiger partial charge in [-0.25, -0.2) is 4.39 Å². The lowest BCUT2D eigenvalue weighted by atomic mass is 9.89. The highest BCUT2D eigenvalue weighted by Gasteiger charge is 2.25. The maximum Gasteiger partial charge on any atom is 0.226 e. The van der Waals surface area contributed by atoms with E-state index in [1.165, 1.54) is 17.7 Å². The Labute approximate surface area is 157 Å². The summed E-state index contributed by atoms with van der Waals surface area (Å²) in [7, 11) is 1.63. The van der Waals surface area contributed by atoms with E-state index < -0.39 is 0 Å². The summed E-state index contributed by atoms with van der Waals surface area (Å²) in [5.74, 6) is 1.13. The molecule has 3 aromatic rings. The van der Waals surface area contributed by atoms with Gasteiger partial charge in [-0.1, -0.05) is 12.1 Å². The van der Waals surface area contributed by atoms with Crippen molar-refractivity contribution < 1.29 is 13.9 Å². The lowest BCUT2D eigenvalue weighted by Gasteiger charge is -2.32. The Hall–Kier alpha value is -2.82. The molecule has 5 heteroatoms. The minimum atomic E-state index is -0.227. The Kier molecular flexibility index (Phi) is 4.84. The second kappa shape index (κ2) is 7.43. The van der Waals surface area contributed by atoms with Crippen LogP contribution >= 0.6 is 0 Å². The Morgan fingerprint density at radius 2 is 1.93 bits per heavy atom. The van der Waals surface area contributed by atoms with Crippen LogP contribution in [-0.2, 0) is 11.2 Å². The van der Waals surface area contributed by atoms with Gasteiger partial charge in [0.25, 0.3) is 0 Å². The Bertz CT molecular complexity index is 941. The highest BCUT2D eigenvalue weighted by Crippen LogP contribution is 2.33. The van der Waals surface area contributed by atoms with Crippen LogP contribution in [0.2, 0.25) is 0 Å². The number of nitrogens with one attached hydrogen (secondary N) is 1. The quantitative estimate of drug-likeness (QED) is 0.750. The number of nitrogens with zero attached hydrogens (tertiary/aromatic N) is 1. The van der Waals surface area contributed by atoms with Gasteiger partial charge in [-0.15, -0.1) is 0 Å². The zero-order valence-electron chi connectivity index (χ0n) is 15.4. The zero-order valence-corrected chi connectivity index (χ0v) is 15.4. The van der Waals surface area contributed by atoms with Crippen LogP contribution in [-0.4, -0.2) is 36.0 Å². The molecule has 140 valence electrons. The van der Waals surface area contributed by atoms with E-state index in [1.54, 1.807) is 7.11 Å². The molecule has 0 spiro atoms. The second-order valence-corrected chi connectivity index (χ2v) is 7.11. The minimum Gasteiger partial charge on any atom is -0.497 e. The summed E-state index contributed by atoms with van der Waals surface area (Å²) >= 11 is 0. The van der Waals surface area contributed by atoms with E-state index in [-0.39, 0.29) is 11.7 Å². The number of ether oxygens (including phenoxy) is 1. The number of piperidine rings is 1. The average Bonchev–Trinajstić information content (AvgIpc) is 3.11. The Balaban J connectivity index is 1.38. The number of carbonyl (C=O) groups excluding carboxylic acids is 1. The predicted octanol–water partition coefficient (Wildman–Crippen LogP) is 4.26. The van der Waals surface area contributed by atoms with Gasteiger partial charge in [-0.2, -0.15) is 0 Å². The van der Waals surface area contributed by atoms with E-state index in [2.05, 4.69) is 4.98 Å². The molecule has 0 bridgehead atoms. The van der Waals surface area contributed by atoms with Crippen molar-refractivity contribution in [2.24, 2.45) is 0 Å². The number of hydrogen-bond acceptors (Lipinski definition) is 2. The molecule has 4 rings (SSSR count). The first-order chi connectivity index (χ1) is 13.1. The van der Waals surface area contributed by atoms with E-state index in [9.17, 15) is 9.18 Å². The molecule has 1 saturated heterocycles. The van der Waals surface area contributed by atoms with E-state index >= 15 is 0 Å². The molecule has 1 aliphatic rings. The molecule has 27 heavy (non-hydrogen) atoms. The molecule has 1 aromatic heterocycles. The number of carbonyl (C=O) groups is 1. The number of halogens is 1. The molecule has 0 atom stereocenters. The highest BCUT2D eigenvalue weighted by molar-refractivity contribution is 5.84. The van der Waals surface area contributed by atoms with E-state index in [4.69, 9.17) is 4.74 Å². The van der Waals surface area contributed by atoms with Crippen LogP contribution in [0.4, 0.5) is 4.39 Å². The molecule has 0 aliphatic carbocycles. The third-order valence-corrected chi connectivity index (χ3v) is 5.48. The standard InChI is InChI=1S/C22H23FN2O2/c1-27-18-5-2-15(3-6-18)12-22(26)25-10-8-16(9-11-25)20-14-24-21-13-17(23)4-7-19(20)21/h2-7,13-14,16,24H,8-12H2,1H3. The summed E-state index contributed by atoms with van der Waals surface area (Å²) in [6.07, 6.45) is 4.27. The van der Waals surface area contributed by atoms with Crippen molar-refractivity contribution >= 4 is 16.8 Å². The summed E-state index contributed by atoms with van der Waals surface area (Å²) in [6, 6.07) is 12.5. The lowest BCUT2D eigenvalue weighted by molar-refractivity contribution is -0.131. The molecular formula is C22H23FN2O2. The third-order valence-electron chi connectivity index (χ3n) is 5.48. The van der Waals surface area contributed by atoms with Gasteiger partial charge in [0.1, 0.15) is 11.6 Å². The van der Waals surface area contributed by atoms with Crippen molar-refractivity contribution in [1.82, 2.24) is 9.88 Å². The fourth-order valence-electron chi connectivity index (χ4n) is 3.93. The summed E-state index contributed by atoms with van der Waals surface area (Å²) < 4.78 is 18.5. The lowest BCUT2D eigenvalue weighted by Crippen LogP contribution is -2.38. The number of likely N-dealkylation sites (tertiary alicyclic amines) is 1. The second-order valence-electron chi connectivity index (χ2n) is 7.11. The van der Waals surface area contributed by atoms with Gasteiger partial charge in [0.15, 0.2) is 0 Å². The average molecular weight is 366 g/mol. The van der Waals surface area contributed by atoms with E-state index in [0.29, 0.717) is 12.3 Å². The monoisotopic (exact) mass is 366 g/mol. The topological polar surface area (TPSA) is 45.3 Å². The molecule has 0 radical (unpaired) electrons. The summed E-state index contributed by atoms with van der Waals surface area (Å²) in [5.41, 5.74) is 3.07. The summed E-state index contributed by atoms with van der Waals surface area (Å²) in [6.45, 7) is 1.51. The molecule has 0 unspecified atom stereocenters. The van der Waals surface area contributed by atoms with Gasteiger partial charge in [0.2, 0.25) is 5.91 Å². The molecule has 1 fully saturated rings. The zero-order chi connectivity index (χ0) is 18.8. The molecule has 4 nitrogen and oxygen atoms in total.